The van der Waals surface area contributed by atoms with Crippen LogP contribution in [0, 0.1) is 29.6 Å². The molecule has 1 N–H and O–H groups in total. The topological polar surface area (TPSA) is 46.5 Å². The third-order valence-electron chi connectivity index (χ3n) is 5.30. The van der Waals surface area contributed by atoms with Crippen LogP contribution in [0.25, 0.3) is 0 Å². The zero-order valence-corrected chi connectivity index (χ0v) is 12.8. The van der Waals surface area contributed by atoms with Crippen molar-refractivity contribution in [2.45, 2.75) is 45.6 Å². The zero-order valence-electron chi connectivity index (χ0n) is 11.9. The molecule has 2 aliphatic rings. The molecule has 4 heteroatoms. The molecule has 1 saturated heterocycles. The van der Waals surface area contributed by atoms with E-state index in [0.29, 0.717) is 29.6 Å². The minimum absolute atomic E-state index is 0.237. The summed E-state index contributed by atoms with van der Waals surface area (Å²) in [6.45, 7) is 5.18. The molecule has 0 bridgehead atoms. The normalized spacial score (nSPS) is 41.1. The molecular weight excluding hydrogens is 260 g/mol. The van der Waals surface area contributed by atoms with Crippen LogP contribution < -0.4 is 0 Å². The number of hydrogen-bond donors (Lipinski definition) is 2. The largest absolute Gasteiger partial charge is 0.481 e. The summed E-state index contributed by atoms with van der Waals surface area (Å²) < 4.78 is 5.91. The lowest BCUT2D eigenvalue weighted by Crippen LogP contribution is -2.41. The fraction of sp³-hybridized carbons (Fsp3) is 0.933. The molecule has 1 aliphatic carbocycles. The summed E-state index contributed by atoms with van der Waals surface area (Å²) in [6.07, 6.45) is 4.77. The van der Waals surface area contributed by atoms with E-state index in [-0.39, 0.29) is 11.8 Å². The smallest absolute Gasteiger partial charge is 0.307 e. The number of rotatable bonds is 3. The summed E-state index contributed by atoms with van der Waals surface area (Å²) in [7, 11) is 0. The molecule has 0 aromatic rings. The number of ether oxygens (including phenoxy) is 1. The van der Waals surface area contributed by atoms with Gasteiger partial charge in [-0.1, -0.05) is 13.3 Å². The Hall–Kier alpha value is -0.220. The van der Waals surface area contributed by atoms with Crippen LogP contribution >= 0.6 is 12.6 Å². The van der Waals surface area contributed by atoms with Crippen molar-refractivity contribution >= 4 is 18.6 Å². The van der Waals surface area contributed by atoms with Gasteiger partial charge in [-0.25, -0.2) is 0 Å². The Bertz CT molecular complexity index is 321. The van der Waals surface area contributed by atoms with Gasteiger partial charge in [-0.05, 0) is 49.9 Å². The zero-order chi connectivity index (χ0) is 14.0. The van der Waals surface area contributed by atoms with E-state index in [1.807, 2.05) is 0 Å². The standard InChI is InChI=1S/C15H26O3S/c1-9-3-5-12(14(8-19)15(16)17)13-7-18-10(2)4-6-11(9)13/h9-14,19H,3-8H2,1-2H3,(H,16,17)/t9-,10?,11?,12?,13?,14?/m1/s1. The second-order valence-corrected chi connectivity index (χ2v) is 6.76. The second kappa shape index (κ2) is 6.49. The Labute approximate surface area is 121 Å². The van der Waals surface area contributed by atoms with Crippen LogP contribution in [0.2, 0.25) is 0 Å². The van der Waals surface area contributed by atoms with E-state index < -0.39 is 5.97 Å². The summed E-state index contributed by atoms with van der Waals surface area (Å²) in [5.74, 6) is 1.40. The molecule has 1 heterocycles. The van der Waals surface area contributed by atoms with E-state index in [2.05, 4.69) is 26.5 Å². The molecule has 2 rings (SSSR count). The molecule has 2 fully saturated rings. The quantitative estimate of drug-likeness (QED) is 0.784. The van der Waals surface area contributed by atoms with Crippen molar-refractivity contribution in [1.82, 2.24) is 0 Å². The highest BCUT2D eigenvalue weighted by Gasteiger charge is 2.43. The number of carbonyl (C=O) groups is 1. The monoisotopic (exact) mass is 286 g/mol. The van der Waals surface area contributed by atoms with Gasteiger partial charge in [0.15, 0.2) is 0 Å². The number of carboxylic acid groups (broad SMARTS) is 1. The minimum Gasteiger partial charge on any atom is -0.481 e. The van der Waals surface area contributed by atoms with Crippen molar-refractivity contribution in [3.05, 3.63) is 0 Å². The fourth-order valence-electron chi connectivity index (χ4n) is 4.05. The summed E-state index contributed by atoms with van der Waals surface area (Å²) in [4.78, 5) is 11.4. The molecule has 0 aromatic heterocycles. The lowest BCUT2D eigenvalue weighted by molar-refractivity contribution is -0.145. The average molecular weight is 286 g/mol. The molecule has 0 amide bonds. The lowest BCUT2D eigenvalue weighted by Gasteiger charge is -2.43. The molecule has 19 heavy (non-hydrogen) atoms. The molecule has 1 aliphatic heterocycles. The molecule has 1 saturated carbocycles. The second-order valence-electron chi connectivity index (χ2n) is 6.39. The van der Waals surface area contributed by atoms with Crippen LogP contribution in [0.3, 0.4) is 0 Å². The van der Waals surface area contributed by atoms with E-state index in [0.717, 1.165) is 25.9 Å². The average Bonchev–Trinajstić information content (AvgIpc) is 2.56. The van der Waals surface area contributed by atoms with Gasteiger partial charge >= 0.3 is 5.97 Å². The van der Waals surface area contributed by atoms with E-state index in [1.54, 1.807) is 0 Å². The summed E-state index contributed by atoms with van der Waals surface area (Å²) in [6, 6.07) is 0. The van der Waals surface area contributed by atoms with Crippen molar-refractivity contribution in [2.24, 2.45) is 29.6 Å². The third kappa shape index (κ3) is 3.27. The number of hydrogen-bond acceptors (Lipinski definition) is 3. The van der Waals surface area contributed by atoms with Gasteiger partial charge in [-0.2, -0.15) is 12.6 Å². The molecular formula is C15H26O3S. The first kappa shape index (κ1) is 15.2. The Morgan fingerprint density at radius 3 is 2.63 bits per heavy atom. The highest BCUT2D eigenvalue weighted by Crippen LogP contribution is 2.46. The first-order valence-electron chi connectivity index (χ1n) is 7.49. The third-order valence-corrected chi connectivity index (χ3v) is 5.69. The fourth-order valence-corrected chi connectivity index (χ4v) is 4.48. The maximum atomic E-state index is 11.4. The van der Waals surface area contributed by atoms with Crippen molar-refractivity contribution in [3.63, 3.8) is 0 Å². The molecule has 110 valence electrons. The maximum Gasteiger partial charge on any atom is 0.307 e. The molecule has 5 unspecified atom stereocenters. The Morgan fingerprint density at radius 2 is 2.00 bits per heavy atom. The number of aliphatic carboxylic acids is 1. The summed E-state index contributed by atoms with van der Waals surface area (Å²) in [5, 5.41) is 9.41. The van der Waals surface area contributed by atoms with Crippen LogP contribution in [0.5, 0.6) is 0 Å². The Balaban J connectivity index is 2.18. The van der Waals surface area contributed by atoms with Crippen LogP contribution in [-0.2, 0) is 9.53 Å². The van der Waals surface area contributed by atoms with Crippen molar-refractivity contribution in [1.29, 1.82) is 0 Å². The van der Waals surface area contributed by atoms with Gasteiger partial charge in [-0.15, -0.1) is 0 Å². The Morgan fingerprint density at radius 1 is 1.26 bits per heavy atom. The first-order valence-corrected chi connectivity index (χ1v) is 8.13. The van der Waals surface area contributed by atoms with Crippen molar-refractivity contribution < 1.29 is 14.6 Å². The maximum absolute atomic E-state index is 11.4. The van der Waals surface area contributed by atoms with Crippen LogP contribution in [0.4, 0.5) is 0 Å². The van der Waals surface area contributed by atoms with Crippen molar-refractivity contribution in [3.8, 4) is 0 Å². The van der Waals surface area contributed by atoms with Gasteiger partial charge in [0.25, 0.3) is 0 Å². The van der Waals surface area contributed by atoms with E-state index >= 15 is 0 Å². The highest BCUT2D eigenvalue weighted by atomic mass is 32.1. The molecule has 0 spiro atoms. The molecule has 3 nitrogen and oxygen atoms in total. The van der Waals surface area contributed by atoms with E-state index in [9.17, 15) is 9.90 Å². The number of fused-ring (bicyclic) bond motifs is 1. The first-order chi connectivity index (χ1) is 9.04. The predicted octanol–water partition coefficient (Wildman–Crippen LogP) is 3.09. The van der Waals surface area contributed by atoms with Crippen LogP contribution in [-0.4, -0.2) is 29.5 Å². The predicted molar refractivity (Wildman–Crippen MR) is 78.5 cm³/mol. The highest BCUT2D eigenvalue weighted by molar-refractivity contribution is 7.80. The number of carboxylic acids is 1. The van der Waals surface area contributed by atoms with E-state index in [4.69, 9.17) is 4.74 Å². The lowest BCUT2D eigenvalue weighted by atomic mass is 9.63. The summed E-state index contributed by atoms with van der Waals surface area (Å²) in [5.41, 5.74) is 0. The van der Waals surface area contributed by atoms with Crippen molar-refractivity contribution in [2.75, 3.05) is 12.4 Å². The molecule has 6 atom stereocenters. The van der Waals surface area contributed by atoms with Gasteiger partial charge < -0.3 is 9.84 Å². The van der Waals surface area contributed by atoms with Gasteiger partial charge in [0.2, 0.25) is 0 Å². The minimum atomic E-state index is -0.689. The summed E-state index contributed by atoms with van der Waals surface area (Å²) >= 11 is 4.27. The van der Waals surface area contributed by atoms with Gasteiger partial charge in [0.05, 0.1) is 18.6 Å². The SMILES string of the molecule is CC1CCC2C(CO1)C(C(CS)C(=O)O)CC[C@H]2C. The van der Waals surface area contributed by atoms with E-state index in [1.165, 1.54) is 6.42 Å². The number of thiol groups is 1. The van der Waals surface area contributed by atoms with Crippen LogP contribution in [0.15, 0.2) is 0 Å². The van der Waals surface area contributed by atoms with Gasteiger partial charge in [0, 0.05) is 5.75 Å². The van der Waals surface area contributed by atoms with Gasteiger partial charge in [-0.3, -0.25) is 4.79 Å². The van der Waals surface area contributed by atoms with Gasteiger partial charge in [0.1, 0.15) is 0 Å². The van der Waals surface area contributed by atoms with Crippen LogP contribution in [0.1, 0.15) is 39.5 Å². The Kier molecular flexibility index (Phi) is 5.18. The molecule has 0 radical (unpaired) electrons. The molecule has 0 aromatic carbocycles.